The van der Waals surface area contributed by atoms with Gasteiger partial charge in [0.1, 0.15) is 0 Å². The largest absolute Gasteiger partial charge is 0.309 e. The summed E-state index contributed by atoms with van der Waals surface area (Å²) in [6, 6.07) is -0.0428. The van der Waals surface area contributed by atoms with E-state index in [2.05, 4.69) is 10.4 Å². The van der Waals surface area contributed by atoms with E-state index in [1.165, 1.54) is 0 Å². The van der Waals surface area contributed by atoms with Crippen LogP contribution in [0.3, 0.4) is 0 Å². The molecule has 0 aromatic carbocycles. The molecule has 1 atom stereocenters. The number of piperidine rings is 1. The summed E-state index contributed by atoms with van der Waals surface area (Å²) in [5, 5.41) is 7.25. The molecule has 0 radical (unpaired) electrons. The van der Waals surface area contributed by atoms with Crippen LogP contribution in [0.15, 0.2) is 12.4 Å². The molecule has 1 aromatic rings. The van der Waals surface area contributed by atoms with Gasteiger partial charge in [0.05, 0.1) is 17.9 Å². The molecule has 0 aliphatic carbocycles. The number of amides is 1. The second-order valence-corrected chi connectivity index (χ2v) is 4.03. The zero-order valence-corrected chi connectivity index (χ0v) is 9.81. The first-order valence-corrected chi connectivity index (χ1v) is 5.77. The highest BCUT2D eigenvalue weighted by molar-refractivity contribution is 5.97. The van der Waals surface area contributed by atoms with Gasteiger partial charge < -0.3 is 10.2 Å². The van der Waals surface area contributed by atoms with Crippen LogP contribution in [0.2, 0.25) is 0 Å². The summed E-state index contributed by atoms with van der Waals surface area (Å²) in [6.07, 6.45) is 5.65. The van der Waals surface area contributed by atoms with Gasteiger partial charge in [-0.2, -0.15) is 5.10 Å². The van der Waals surface area contributed by atoms with Crippen molar-refractivity contribution in [1.82, 2.24) is 15.1 Å². The molecule has 5 nitrogen and oxygen atoms in total. The minimum absolute atomic E-state index is 0.0428. The van der Waals surface area contributed by atoms with E-state index in [0.29, 0.717) is 0 Å². The molecule has 0 saturated carbocycles. The lowest BCUT2D eigenvalue weighted by Gasteiger charge is -2.30. The van der Waals surface area contributed by atoms with Gasteiger partial charge in [-0.25, -0.2) is 0 Å². The Bertz CT molecular complexity index is 374. The van der Waals surface area contributed by atoms with Gasteiger partial charge in [-0.3, -0.25) is 9.48 Å². The predicted molar refractivity (Wildman–Crippen MR) is 62.3 cm³/mol. The van der Waals surface area contributed by atoms with Crippen LogP contribution in [0.1, 0.15) is 19.8 Å². The average molecular weight is 222 g/mol. The third-order valence-electron chi connectivity index (χ3n) is 3.04. The fourth-order valence-electron chi connectivity index (χ4n) is 2.06. The van der Waals surface area contributed by atoms with Crippen LogP contribution in [-0.4, -0.2) is 35.3 Å². The number of carbonyl (C=O) groups excluding carboxylic acids is 1. The molecule has 0 spiro atoms. The van der Waals surface area contributed by atoms with Crippen molar-refractivity contribution in [2.24, 2.45) is 0 Å². The van der Waals surface area contributed by atoms with Crippen molar-refractivity contribution in [3.63, 3.8) is 0 Å². The Hall–Kier alpha value is -1.36. The Morgan fingerprint density at radius 3 is 3.06 bits per heavy atom. The number of hydrogen-bond donors (Lipinski definition) is 1. The van der Waals surface area contributed by atoms with Crippen LogP contribution < -0.4 is 10.2 Å². The van der Waals surface area contributed by atoms with Gasteiger partial charge in [0.15, 0.2) is 0 Å². The summed E-state index contributed by atoms with van der Waals surface area (Å²) >= 11 is 0. The van der Waals surface area contributed by atoms with Gasteiger partial charge in [-0.15, -0.1) is 0 Å². The molecular weight excluding hydrogens is 204 g/mol. The number of nitrogens with one attached hydrogen (secondary N) is 1. The van der Waals surface area contributed by atoms with E-state index in [4.69, 9.17) is 0 Å². The number of likely N-dealkylation sites (N-methyl/N-ethyl adjacent to an activating group) is 1. The smallest absolute Gasteiger partial charge is 0.244 e. The van der Waals surface area contributed by atoms with Crippen LogP contribution in [-0.2, 0) is 11.3 Å². The van der Waals surface area contributed by atoms with Crippen LogP contribution in [0.25, 0.3) is 0 Å². The average Bonchev–Trinajstić information content (AvgIpc) is 2.78. The molecule has 1 saturated heterocycles. The van der Waals surface area contributed by atoms with Crippen molar-refractivity contribution < 1.29 is 4.79 Å². The zero-order valence-electron chi connectivity index (χ0n) is 9.81. The standard InChI is InChI=1S/C11H18N4O/c1-3-14-8-9(7-13-14)15-6-4-5-10(12-2)11(15)16/h7-8,10,12H,3-6H2,1-2H3. The van der Waals surface area contributed by atoms with Crippen molar-refractivity contribution in [3.8, 4) is 0 Å². The number of carbonyl (C=O) groups is 1. The minimum atomic E-state index is -0.0428. The SMILES string of the molecule is CCn1cc(N2CCCC(NC)C2=O)cn1. The number of aromatic nitrogens is 2. The summed E-state index contributed by atoms with van der Waals surface area (Å²) in [5.74, 6) is 0.157. The summed E-state index contributed by atoms with van der Waals surface area (Å²) in [7, 11) is 1.83. The molecule has 1 aliphatic heterocycles. The van der Waals surface area contributed by atoms with Crippen LogP contribution >= 0.6 is 0 Å². The van der Waals surface area contributed by atoms with Gasteiger partial charge in [-0.05, 0) is 26.8 Å². The Balaban J connectivity index is 2.16. The van der Waals surface area contributed by atoms with Crippen molar-refractivity contribution in [1.29, 1.82) is 0 Å². The lowest BCUT2D eigenvalue weighted by Crippen LogP contribution is -2.49. The van der Waals surface area contributed by atoms with Crippen LogP contribution in [0.5, 0.6) is 0 Å². The lowest BCUT2D eigenvalue weighted by molar-refractivity contribution is -0.121. The molecule has 1 aliphatic rings. The molecular formula is C11H18N4O. The molecule has 1 aromatic heterocycles. The van der Waals surface area contributed by atoms with Gasteiger partial charge in [0, 0.05) is 19.3 Å². The molecule has 1 N–H and O–H groups in total. The normalized spacial score (nSPS) is 21.5. The third kappa shape index (κ3) is 1.95. The van der Waals surface area contributed by atoms with Gasteiger partial charge in [0.25, 0.3) is 0 Å². The Morgan fingerprint density at radius 2 is 2.44 bits per heavy atom. The molecule has 2 heterocycles. The summed E-state index contributed by atoms with van der Waals surface area (Å²) in [5.41, 5.74) is 0.909. The highest BCUT2D eigenvalue weighted by atomic mass is 16.2. The van der Waals surface area contributed by atoms with E-state index in [-0.39, 0.29) is 11.9 Å². The van der Waals surface area contributed by atoms with E-state index in [0.717, 1.165) is 31.6 Å². The molecule has 88 valence electrons. The Morgan fingerprint density at radius 1 is 1.62 bits per heavy atom. The fourth-order valence-corrected chi connectivity index (χ4v) is 2.06. The molecule has 0 bridgehead atoms. The first-order valence-electron chi connectivity index (χ1n) is 5.77. The van der Waals surface area contributed by atoms with Gasteiger partial charge in [0.2, 0.25) is 5.91 Å². The number of anilines is 1. The maximum absolute atomic E-state index is 12.1. The quantitative estimate of drug-likeness (QED) is 0.815. The van der Waals surface area contributed by atoms with E-state index in [1.807, 2.05) is 29.7 Å². The second kappa shape index (κ2) is 4.65. The van der Waals surface area contributed by atoms with Crippen molar-refractivity contribution >= 4 is 11.6 Å². The van der Waals surface area contributed by atoms with Crippen LogP contribution in [0, 0.1) is 0 Å². The first-order chi connectivity index (χ1) is 7.76. The van der Waals surface area contributed by atoms with E-state index in [1.54, 1.807) is 6.20 Å². The number of hydrogen-bond acceptors (Lipinski definition) is 3. The maximum Gasteiger partial charge on any atom is 0.244 e. The molecule has 2 rings (SSSR count). The molecule has 5 heteroatoms. The predicted octanol–water partition coefficient (Wildman–Crippen LogP) is 0.618. The number of aryl methyl sites for hydroxylation is 1. The Labute approximate surface area is 95.4 Å². The maximum atomic E-state index is 12.1. The van der Waals surface area contributed by atoms with Gasteiger partial charge in [-0.1, -0.05) is 0 Å². The Kier molecular flexibility index (Phi) is 3.24. The van der Waals surface area contributed by atoms with Gasteiger partial charge >= 0.3 is 0 Å². The van der Waals surface area contributed by atoms with E-state index >= 15 is 0 Å². The minimum Gasteiger partial charge on any atom is -0.309 e. The monoisotopic (exact) mass is 222 g/mol. The second-order valence-electron chi connectivity index (χ2n) is 4.03. The molecule has 16 heavy (non-hydrogen) atoms. The summed E-state index contributed by atoms with van der Waals surface area (Å²) < 4.78 is 1.84. The zero-order chi connectivity index (χ0) is 11.5. The third-order valence-corrected chi connectivity index (χ3v) is 3.04. The molecule has 1 unspecified atom stereocenters. The highest BCUT2D eigenvalue weighted by Crippen LogP contribution is 2.20. The van der Waals surface area contributed by atoms with Crippen molar-refractivity contribution in [2.45, 2.75) is 32.4 Å². The topological polar surface area (TPSA) is 50.2 Å². The number of rotatable bonds is 3. The van der Waals surface area contributed by atoms with Crippen molar-refractivity contribution in [3.05, 3.63) is 12.4 Å². The first kappa shape index (κ1) is 11.1. The highest BCUT2D eigenvalue weighted by Gasteiger charge is 2.28. The lowest BCUT2D eigenvalue weighted by atomic mass is 10.0. The van der Waals surface area contributed by atoms with E-state index in [9.17, 15) is 4.79 Å². The molecule has 1 amide bonds. The van der Waals surface area contributed by atoms with Crippen LogP contribution in [0.4, 0.5) is 5.69 Å². The van der Waals surface area contributed by atoms with Crippen molar-refractivity contribution in [2.75, 3.05) is 18.5 Å². The van der Waals surface area contributed by atoms with E-state index < -0.39 is 0 Å². The summed E-state index contributed by atoms with van der Waals surface area (Å²) in [4.78, 5) is 13.9. The number of nitrogens with zero attached hydrogens (tertiary/aromatic N) is 3. The summed E-state index contributed by atoms with van der Waals surface area (Å²) in [6.45, 7) is 3.66. The molecule has 1 fully saturated rings. The fraction of sp³-hybridized carbons (Fsp3) is 0.636.